The molecule has 0 aliphatic carbocycles. The summed E-state index contributed by atoms with van der Waals surface area (Å²) >= 11 is 0. The van der Waals surface area contributed by atoms with Crippen molar-refractivity contribution in [1.29, 1.82) is 0 Å². The van der Waals surface area contributed by atoms with Gasteiger partial charge >= 0.3 is 0 Å². The van der Waals surface area contributed by atoms with Crippen LogP contribution in [0.15, 0.2) is 36.4 Å². The molecular formula is C17H23NO2. The van der Waals surface area contributed by atoms with E-state index in [0.717, 1.165) is 38.5 Å². The minimum atomic E-state index is 0.800. The zero-order chi connectivity index (χ0) is 14.2. The van der Waals surface area contributed by atoms with E-state index in [-0.39, 0.29) is 0 Å². The third-order valence-electron chi connectivity index (χ3n) is 3.29. The Kier molecular flexibility index (Phi) is 5.84. The van der Waals surface area contributed by atoms with Crippen molar-refractivity contribution in [3.8, 4) is 5.75 Å². The molecule has 0 amide bonds. The zero-order valence-electron chi connectivity index (χ0n) is 12.3. The summed E-state index contributed by atoms with van der Waals surface area (Å²) in [7, 11) is 1.70. The first-order valence-electron chi connectivity index (χ1n) is 7.18. The molecule has 1 N–H and O–H groups in total. The van der Waals surface area contributed by atoms with Crippen LogP contribution in [-0.2, 0) is 11.3 Å². The van der Waals surface area contributed by atoms with E-state index in [1.165, 1.54) is 16.3 Å². The molecule has 0 aliphatic rings. The molecule has 108 valence electrons. The number of hydrogen-bond acceptors (Lipinski definition) is 3. The van der Waals surface area contributed by atoms with Crippen LogP contribution < -0.4 is 10.1 Å². The van der Waals surface area contributed by atoms with Gasteiger partial charge in [0.2, 0.25) is 0 Å². The summed E-state index contributed by atoms with van der Waals surface area (Å²) in [4.78, 5) is 0. The molecule has 0 heterocycles. The van der Waals surface area contributed by atoms with Gasteiger partial charge in [0.25, 0.3) is 0 Å². The molecule has 0 saturated heterocycles. The van der Waals surface area contributed by atoms with Crippen LogP contribution in [0, 0.1) is 0 Å². The average molecular weight is 273 g/mol. The smallest absolute Gasteiger partial charge is 0.119 e. The predicted molar refractivity (Wildman–Crippen MR) is 83.3 cm³/mol. The van der Waals surface area contributed by atoms with Gasteiger partial charge in [-0.15, -0.1) is 0 Å². The van der Waals surface area contributed by atoms with Gasteiger partial charge in [0, 0.05) is 19.8 Å². The largest absolute Gasteiger partial charge is 0.497 e. The summed E-state index contributed by atoms with van der Waals surface area (Å²) in [5.74, 6) is 0.902. The molecule has 0 bridgehead atoms. The van der Waals surface area contributed by atoms with Crippen LogP contribution in [0.2, 0.25) is 0 Å². The summed E-state index contributed by atoms with van der Waals surface area (Å²) in [6.07, 6.45) is 1.05. The fraction of sp³-hybridized carbons (Fsp3) is 0.412. The van der Waals surface area contributed by atoms with Gasteiger partial charge in [-0.05, 0) is 54.4 Å². The predicted octanol–water partition coefficient (Wildman–Crippen LogP) is 3.36. The summed E-state index contributed by atoms with van der Waals surface area (Å²) in [6.45, 7) is 5.54. The SMILES string of the molecule is CCOCCCNCc1ccc2cc(OC)ccc2c1. The van der Waals surface area contributed by atoms with Crippen molar-refractivity contribution in [3.05, 3.63) is 42.0 Å². The number of ether oxygens (including phenoxy) is 2. The minimum Gasteiger partial charge on any atom is -0.497 e. The lowest BCUT2D eigenvalue weighted by atomic mass is 10.1. The molecule has 2 aromatic rings. The first-order valence-corrected chi connectivity index (χ1v) is 7.18. The van der Waals surface area contributed by atoms with E-state index in [2.05, 4.69) is 35.6 Å². The fourth-order valence-electron chi connectivity index (χ4n) is 2.19. The molecule has 0 atom stereocenters. The van der Waals surface area contributed by atoms with Crippen LogP contribution in [0.25, 0.3) is 10.8 Å². The molecule has 20 heavy (non-hydrogen) atoms. The maximum absolute atomic E-state index is 5.31. The van der Waals surface area contributed by atoms with Gasteiger partial charge in [-0.25, -0.2) is 0 Å². The highest BCUT2D eigenvalue weighted by Crippen LogP contribution is 2.21. The Balaban J connectivity index is 1.88. The molecule has 0 aliphatic heterocycles. The number of rotatable bonds is 8. The van der Waals surface area contributed by atoms with E-state index < -0.39 is 0 Å². The van der Waals surface area contributed by atoms with Crippen molar-refractivity contribution in [2.24, 2.45) is 0 Å². The molecule has 0 unspecified atom stereocenters. The van der Waals surface area contributed by atoms with E-state index in [9.17, 15) is 0 Å². The number of hydrogen-bond donors (Lipinski definition) is 1. The van der Waals surface area contributed by atoms with Crippen molar-refractivity contribution in [2.75, 3.05) is 26.9 Å². The molecular weight excluding hydrogens is 250 g/mol. The Morgan fingerprint density at radius 3 is 2.65 bits per heavy atom. The Bertz CT molecular complexity index is 540. The molecule has 3 heteroatoms. The van der Waals surface area contributed by atoms with E-state index >= 15 is 0 Å². The Morgan fingerprint density at radius 1 is 1.05 bits per heavy atom. The summed E-state index contributed by atoms with van der Waals surface area (Å²) < 4.78 is 10.6. The topological polar surface area (TPSA) is 30.5 Å². The standard InChI is InChI=1S/C17H23NO2/c1-3-20-10-4-9-18-13-14-5-6-16-12-17(19-2)8-7-15(16)11-14/h5-8,11-12,18H,3-4,9-10,13H2,1-2H3. The van der Waals surface area contributed by atoms with Crippen LogP contribution in [0.4, 0.5) is 0 Å². The van der Waals surface area contributed by atoms with Gasteiger partial charge in [0.1, 0.15) is 5.75 Å². The van der Waals surface area contributed by atoms with Crippen molar-refractivity contribution < 1.29 is 9.47 Å². The number of nitrogens with one attached hydrogen (secondary N) is 1. The van der Waals surface area contributed by atoms with E-state index in [1.807, 2.05) is 13.0 Å². The highest BCUT2D eigenvalue weighted by molar-refractivity contribution is 5.84. The zero-order valence-corrected chi connectivity index (χ0v) is 12.3. The minimum absolute atomic E-state index is 0.800. The molecule has 0 saturated carbocycles. The lowest BCUT2D eigenvalue weighted by molar-refractivity contribution is 0.144. The molecule has 0 radical (unpaired) electrons. The monoisotopic (exact) mass is 273 g/mol. The first kappa shape index (κ1) is 14.8. The second kappa shape index (κ2) is 7.88. The second-order valence-corrected chi connectivity index (χ2v) is 4.77. The number of benzene rings is 2. The van der Waals surface area contributed by atoms with E-state index in [1.54, 1.807) is 7.11 Å². The van der Waals surface area contributed by atoms with Crippen LogP contribution in [0.3, 0.4) is 0 Å². The van der Waals surface area contributed by atoms with Crippen molar-refractivity contribution in [1.82, 2.24) is 5.32 Å². The lowest BCUT2D eigenvalue weighted by Crippen LogP contribution is -2.16. The van der Waals surface area contributed by atoms with E-state index in [0.29, 0.717) is 0 Å². The Hall–Kier alpha value is -1.58. The second-order valence-electron chi connectivity index (χ2n) is 4.77. The first-order chi connectivity index (χ1) is 9.83. The third kappa shape index (κ3) is 4.22. The molecule has 2 aromatic carbocycles. The molecule has 2 rings (SSSR count). The average Bonchev–Trinajstić information content (AvgIpc) is 2.50. The van der Waals surface area contributed by atoms with Gasteiger partial charge < -0.3 is 14.8 Å². The van der Waals surface area contributed by atoms with Crippen molar-refractivity contribution in [2.45, 2.75) is 19.9 Å². The quantitative estimate of drug-likeness (QED) is 0.748. The van der Waals surface area contributed by atoms with Crippen LogP contribution in [0.1, 0.15) is 18.9 Å². The summed E-state index contributed by atoms with van der Waals surface area (Å²) in [5, 5.41) is 5.91. The molecule has 0 fully saturated rings. The maximum atomic E-state index is 5.31. The lowest BCUT2D eigenvalue weighted by Gasteiger charge is -2.07. The van der Waals surface area contributed by atoms with Crippen LogP contribution in [-0.4, -0.2) is 26.9 Å². The Labute approximate surface area is 120 Å². The molecule has 0 aromatic heterocycles. The Morgan fingerprint density at radius 2 is 1.85 bits per heavy atom. The highest BCUT2D eigenvalue weighted by atomic mass is 16.5. The van der Waals surface area contributed by atoms with Gasteiger partial charge in [-0.3, -0.25) is 0 Å². The maximum Gasteiger partial charge on any atom is 0.119 e. The summed E-state index contributed by atoms with van der Waals surface area (Å²) in [5.41, 5.74) is 1.30. The van der Waals surface area contributed by atoms with Crippen molar-refractivity contribution in [3.63, 3.8) is 0 Å². The highest BCUT2D eigenvalue weighted by Gasteiger charge is 1.99. The van der Waals surface area contributed by atoms with Crippen LogP contribution in [0.5, 0.6) is 5.75 Å². The molecule has 0 spiro atoms. The van der Waals surface area contributed by atoms with Crippen LogP contribution >= 0.6 is 0 Å². The van der Waals surface area contributed by atoms with Gasteiger partial charge in [0.15, 0.2) is 0 Å². The number of methoxy groups -OCH3 is 1. The van der Waals surface area contributed by atoms with Gasteiger partial charge in [-0.2, -0.15) is 0 Å². The fourth-order valence-corrected chi connectivity index (χ4v) is 2.19. The van der Waals surface area contributed by atoms with Gasteiger partial charge in [0.05, 0.1) is 7.11 Å². The van der Waals surface area contributed by atoms with Crippen molar-refractivity contribution >= 4 is 10.8 Å². The normalized spacial score (nSPS) is 10.9. The number of fused-ring (bicyclic) bond motifs is 1. The van der Waals surface area contributed by atoms with E-state index in [4.69, 9.17) is 9.47 Å². The molecule has 3 nitrogen and oxygen atoms in total. The van der Waals surface area contributed by atoms with Gasteiger partial charge in [-0.1, -0.05) is 18.2 Å². The third-order valence-corrected chi connectivity index (χ3v) is 3.29. The summed E-state index contributed by atoms with van der Waals surface area (Å²) in [6, 6.07) is 12.7.